The lowest BCUT2D eigenvalue weighted by Crippen LogP contribution is -2.40. The number of carbonyl (C=O) groups excluding carboxylic acids is 2. The van der Waals surface area contributed by atoms with Crippen molar-refractivity contribution in [2.45, 2.75) is 39.0 Å². The highest BCUT2D eigenvalue weighted by atomic mass is 16.1. The highest BCUT2D eigenvalue weighted by Crippen LogP contribution is 2.42. The Labute approximate surface area is 102 Å². The summed E-state index contributed by atoms with van der Waals surface area (Å²) in [4.78, 5) is 24.8. The number of hydrogen-bond acceptors (Lipinski definition) is 2. The van der Waals surface area contributed by atoms with E-state index in [-0.39, 0.29) is 23.4 Å². The van der Waals surface area contributed by atoms with Gasteiger partial charge in [-0.1, -0.05) is 19.1 Å². The van der Waals surface area contributed by atoms with Crippen LogP contribution in [0.25, 0.3) is 0 Å². The first kappa shape index (κ1) is 10.9. The second-order valence-electron chi connectivity index (χ2n) is 5.69. The molecule has 0 fully saturated rings. The highest BCUT2D eigenvalue weighted by Gasteiger charge is 2.43. The van der Waals surface area contributed by atoms with Crippen LogP contribution in [-0.2, 0) is 9.59 Å². The van der Waals surface area contributed by atoms with E-state index in [0.717, 1.165) is 43.3 Å². The van der Waals surface area contributed by atoms with Crippen LogP contribution in [0.15, 0.2) is 23.3 Å². The Bertz CT molecular complexity index is 442. The smallest absolute Gasteiger partial charge is 0.163 e. The van der Waals surface area contributed by atoms with E-state index in [1.54, 1.807) is 0 Å². The number of hydrogen-bond donors (Lipinski definition) is 0. The molecule has 90 valence electrons. The van der Waals surface area contributed by atoms with Gasteiger partial charge < -0.3 is 0 Å². The number of Topliss-reactive ketones (excluding diaryl/α,β-unsaturated/α-hetero) is 2. The van der Waals surface area contributed by atoms with Crippen molar-refractivity contribution in [3.05, 3.63) is 23.3 Å². The van der Waals surface area contributed by atoms with Gasteiger partial charge in [0.25, 0.3) is 0 Å². The number of fused-ring (bicyclic) bond motifs is 1. The third kappa shape index (κ3) is 1.62. The van der Waals surface area contributed by atoms with Gasteiger partial charge in [0, 0.05) is 23.0 Å². The van der Waals surface area contributed by atoms with E-state index in [1.165, 1.54) is 0 Å². The molecule has 0 saturated heterocycles. The molecule has 0 aromatic carbocycles. The predicted octanol–water partition coefficient (Wildman–Crippen LogP) is 2.84. The Morgan fingerprint density at radius 1 is 1.00 bits per heavy atom. The van der Waals surface area contributed by atoms with E-state index in [0.29, 0.717) is 5.92 Å². The molecule has 0 spiro atoms. The summed E-state index contributed by atoms with van der Waals surface area (Å²) in [5.41, 5.74) is 1.76. The minimum atomic E-state index is -0.0449. The van der Waals surface area contributed by atoms with Gasteiger partial charge in [0.2, 0.25) is 0 Å². The molecule has 3 rings (SSSR count). The van der Waals surface area contributed by atoms with Crippen LogP contribution in [0.1, 0.15) is 39.0 Å². The van der Waals surface area contributed by atoms with Crippen molar-refractivity contribution < 1.29 is 9.59 Å². The maximum Gasteiger partial charge on any atom is 0.163 e. The van der Waals surface area contributed by atoms with Crippen molar-refractivity contribution in [1.29, 1.82) is 0 Å². The second kappa shape index (κ2) is 3.94. The molecule has 0 amide bonds. The quantitative estimate of drug-likeness (QED) is 0.600. The predicted molar refractivity (Wildman–Crippen MR) is 65.4 cm³/mol. The minimum Gasteiger partial charge on any atom is -0.294 e. The average molecular weight is 230 g/mol. The van der Waals surface area contributed by atoms with E-state index >= 15 is 0 Å². The number of carbonyl (C=O) groups is 2. The number of ketones is 2. The molecule has 0 N–H and O–H groups in total. The zero-order chi connectivity index (χ0) is 12.0. The maximum atomic E-state index is 12.4. The van der Waals surface area contributed by atoms with E-state index in [1.807, 2.05) is 0 Å². The average Bonchev–Trinajstić information content (AvgIpc) is 2.36. The van der Waals surface area contributed by atoms with E-state index in [9.17, 15) is 9.59 Å². The molecule has 0 heterocycles. The summed E-state index contributed by atoms with van der Waals surface area (Å²) in [5.74, 6) is 1.03. The zero-order valence-corrected chi connectivity index (χ0v) is 10.2. The van der Waals surface area contributed by atoms with Crippen molar-refractivity contribution in [2.24, 2.45) is 17.8 Å². The van der Waals surface area contributed by atoms with Crippen molar-refractivity contribution in [3.63, 3.8) is 0 Å². The molecule has 0 radical (unpaired) electrons. The van der Waals surface area contributed by atoms with Crippen molar-refractivity contribution in [3.8, 4) is 0 Å². The fraction of sp³-hybridized carbons (Fsp3) is 0.600. The summed E-state index contributed by atoms with van der Waals surface area (Å²) in [6.45, 7) is 2.17. The molecule has 0 aromatic heterocycles. The molecule has 3 aliphatic rings. The van der Waals surface area contributed by atoms with Gasteiger partial charge in [-0.05, 0) is 38.0 Å². The normalized spacial score (nSPS) is 36.9. The molecule has 3 aliphatic carbocycles. The Morgan fingerprint density at radius 3 is 2.24 bits per heavy atom. The van der Waals surface area contributed by atoms with Crippen LogP contribution < -0.4 is 0 Å². The highest BCUT2D eigenvalue weighted by molar-refractivity contribution is 6.14. The van der Waals surface area contributed by atoms with E-state index < -0.39 is 0 Å². The van der Waals surface area contributed by atoms with Crippen LogP contribution in [0, 0.1) is 17.8 Å². The molecule has 2 nitrogen and oxygen atoms in total. The molecule has 3 unspecified atom stereocenters. The summed E-state index contributed by atoms with van der Waals surface area (Å²) >= 11 is 0. The van der Waals surface area contributed by atoms with Gasteiger partial charge in [0.15, 0.2) is 11.6 Å². The summed E-state index contributed by atoms with van der Waals surface area (Å²) in [7, 11) is 0. The van der Waals surface area contributed by atoms with Gasteiger partial charge in [0.1, 0.15) is 0 Å². The fourth-order valence-electron chi connectivity index (χ4n) is 3.48. The minimum absolute atomic E-state index is 0.0420. The standard InChI is InChI=1S/C15H18O2/c1-9-6-7-12-13(8-9)15(17)11-5-3-2-4-10(11)14(12)16/h2-3,9-11H,4-8H2,1H3. The number of allylic oxidation sites excluding steroid dienone is 4. The lowest BCUT2D eigenvalue weighted by Gasteiger charge is -2.36. The Hall–Kier alpha value is -1.18. The fourth-order valence-corrected chi connectivity index (χ4v) is 3.48. The van der Waals surface area contributed by atoms with Crippen LogP contribution in [0.3, 0.4) is 0 Å². The molecular weight excluding hydrogens is 212 g/mol. The van der Waals surface area contributed by atoms with Gasteiger partial charge >= 0.3 is 0 Å². The van der Waals surface area contributed by atoms with Gasteiger partial charge in [0.05, 0.1) is 0 Å². The zero-order valence-electron chi connectivity index (χ0n) is 10.2. The van der Waals surface area contributed by atoms with Gasteiger partial charge in [-0.25, -0.2) is 0 Å². The third-order valence-electron chi connectivity index (χ3n) is 4.50. The number of rotatable bonds is 0. The molecule has 0 aliphatic heterocycles. The van der Waals surface area contributed by atoms with Crippen molar-refractivity contribution in [1.82, 2.24) is 0 Å². The lowest BCUT2D eigenvalue weighted by atomic mass is 9.65. The summed E-state index contributed by atoms with van der Waals surface area (Å²) in [6.07, 6.45) is 8.36. The first-order valence-corrected chi connectivity index (χ1v) is 6.64. The Kier molecular flexibility index (Phi) is 2.53. The SMILES string of the molecule is CC1CCC2=C(C1)C(=O)C1CC=CCC1C2=O. The van der Waals surface area contributed by atoms with Crippen LogP contribution in [0.5, 0.6) is 0 Å². The summed E-state index contributed by atoms with van der Waals surface area (Å²) in [5, 5.41) is 0. The first-order chi connectivity index (χ1) is 8.18. The van der Waals surface area contributed by atoms with Crippen molar-refractivity contribution in [2.75, 3.05) is 0 Å². The molecular formula is C15H18O2. The first-order valence-electron chi connectivity index (χ1n) is 6.64. The van der Waals surface area contributed by atoms with Crippen LogP contribution in [0.2, 0.25) is 0 Å². The van der Waals surface area contributed by atoms with Crippen molar-refractivity contribution >= 4 is 11.6 Å². The molecule has 0 aromatic rings. The molecule has 3 atom stereocenters. The third-order valence-corrected chi connectivity index (χ3v) is 4.50. The lowest BCUT2D eigenvalue weighted by molar-refractivity contribution is -0.131. The molecule has 0 bridgehead atoms. The largest absolute Gasteiger partial charge is 0.294 e. The Balaban J connectivity index is 2.02. The van der Waals surface area contributed by atoms with Gasteiger partial charge in [-0.3, -0.25) is 9.59 Å². The Morgan fingerprint density at radius 2 is 1.59 bits per heavy atom. The summed E-state index contributed by atoms with van der Waals surface area (Å²) in [6, 6.07) is 0. The topological polar surface area (TPSA) is 34.1 Å². The van der Waals surface area contributed by atoms with Gasteiger partial charge in [-0.2, -0.15) is 0 Å². The molecule has 0 saturated carbocycles. The second-order valence-corrected chi connectivity index (χ2v) is 5.69. The van der Waals surface area contributed by atoms with Crippen LogP contribution in [0.4, 0.5) is 0 Å². The monoisotopic (exact) mass is 230 g/mol. The van der Waals surface area contributed by atoms with Gasteiger partial charge in [-0.15, -0.1) is 0 Å². The van der Waals surface area contributed by atoms with E-state index in [2.05, 4.69) is 19.1 Å². The van der Waals surface area contributed by atoms with E-state index in [4.69, 9.17) is 0 Å². The van der Waals surface area contributed by atoms with Crippen LogP contribution in [-0.4, -0.2) is 11.6 Å². The maximum absolute atomic E-state index is 12.4. The molecule has 17 heavy (non-hydrogen) atoms. The molecule has 2 heteroatoms. The van der Waals surface area contributed by atoms with Crippen LogP contribution >= 0.6 is 0 Å². The summed E-state index contributed by atoms with van der Waals surface area (Å²) < 4.78 is 0.